The lowest BCUT2D eigenvalue weighted by atomic mass is 9.81. The average molecular weight is 497 g/mol. The maximum absolute atomic E-state index is 12.8. The molecule has 0 fully saturated rings. The fourth-order valence-corrected chi connectivity index (χ4v) is 6.37. The maximum Gasteiger partial charge on any atom is 0.341 e. The number of esters is 1. The van der Waals surface area contributed by atoms with Crippen molar-refractivity contribution < 1.29 is 14.3 Å². The lowest BCUT2D eigenvalue weighted by Gasteiger charge is -2.42. The Morgan fingerprint density at radius 2 is 1.81 bits per heavy atom. The molecule has 0 spiro atoms. The average Bonchev–Trinajstić information content (AvgIpc) is 2.99. The highest BCUT2D eigenvalue weighted by Crippen LogP contribution is 2.45. The molecule has 0 atom stereocenters. The fraction of sp³-hybridized carbons (Fsp3) is 0.500. The van der Waals surface area contributed by atoms with Gasteiger partial charge >= 0.3 is 5.97 Å². The SMILES string of the molecule is COC(=O)c1c(NC(=O)Cc2ccc(SC(C)C)cc2)sc2c1CC(C)(C)NC2(C)C.Cl. The summed E-state index contributed by atoms with van der Waals surface area (Å²) in [7, 11) is 1.38. The number of rotatable bonds is 6. The highest BCUT2D eigenvalue weighted by atomic mass is 35.5. The first-order valence-corrected chi connectivity index (χ1v) is 12.2. The van der Waals surface area contributed by atoms with Gasteiger partial charge in [-0.3, -0.25) is 4.79 Å². The van der Waals surface area contributed by atoms with E-state index in [-0.39, 0.29) is 35.8 Å². The van der Waals surface area contributed by atoms with Gasteiger partial charge in [-0.15, -0.1) is 35.5 Å². The number of fused-ring (bicyclic) bond motifs is 1. The Morgan fingerprint density at radius 1 is 1.19 bits per heavy atom. The molecule has 2 N–H and O–H groups in total. The molecule has 1 amide bonds. The predicted molar refractivity (Wildman–Crippen MR) is 137 cm³/mol. The Hall–Kier alpha value is -1.54. The van der Waals surface area contributed by atoms with Crippen molar-refractivity contribution in [1.82, 2.24) is 5.32 Å². The van der Waals surface area contributed by atoms with Gasteiger partial charge in [-0.2, -0.15) is 0 Å². The van der Waals surface area contributed by atoms with Gasteiger partial charge in [0, 0.05) is 26.1 Å². The van der Waals surface area contributed by atoms with Gasteiger partial charge in [-0.05, 0) is 57.4 Å². The van der Waals surface area contributed by atoms with Crippen LogP contribution < -0.4 is 10.6 Å². The molecule has 5 nitrogen and oxygen atoms in total. The molecule has 0 saturated carbocycles. The molecule has 2 aromatic rings. The molecule has 3 rings (SSSR count). The first kappa shape index (κ1) is 26.7. The third-order valence-corrected chi connectivity index (χ3v) is 7.63. The summed E-state index contributed by atoms with van der Waals surface area (Å²) in [6.45, 7) is 12.8. The van der Waals surface area contributed by atoms with Crippen molar-refractivity contribution in [2.24, 2.45) is 0 Å². The Balaban J connectivity index is 0.00000363. The second kappa shape index (κ2) is 10.2. The van der Waals surface area contributed by atoms with Gasteiger partial charge < -0.3 is 15.4 Å². The van der Waals surface area contributed by atoms with Crippen LogP contribution in [0.2, 0.25) is 0 Å². The number of halogens is 1. The number of hydrogen-bond donors (Lipinski definition) is 2. The van der Waals surface area contributed by atoms with E-state index < -0.39 is 5.97 Å². The number of carbonyl (C=O) groups is 2. The lowest BCUT2D eigenvalue weighted by Crippen LogP contribution is -2.55. The summed E-state index contributed by atoms with van der Waals surface area (Å²) < 4.78 is 5.08. The van der Waals surface area contributed by atoms with Crippen molar-refractivity contribution in [2.45, 2.75) is 75.6 Å². The Morgan fingerprint density at radius 3 is 2.38 bits per heavy atom. The molecule has 1 aromatic carbocycles. The molecule has 32 heavy (non-hydrogen) atoms. The highest BCUT2D eigenvalue weighted by Gasteiger charge is 2.42. The van der Waals surface area contributed by atoms with E-state index in [9.17, 15) is 9.59 Å². The zero-order valence-corrected chi connectivity index (χ0v) is 22.2. The molecule has 0 bridgehead atoms. The van der Waals surface area contributed by atoms with Gasteiger partial charge in [-0.25, -0.2) is 4.79 Å². The predicted octanol–water partition coefficient (Wildman–Crippen LogP) is 5.80. The normalized spacial score (nSPS) is 16.1. The number of methoxy groups -OCH3 is 1. The second-order valence-corrected chi connectivity index (χ2v) is 12.1. The van der Waals surface area contributed by atoms with Gasteiger partial charge in [0.1, 0.15) is 5.00 Å². The van der Waals surface area contributed by atoms with Crippen LogP contribution in [0.4, 0.5) is 5.00 Å². The first-order valence-electron chi connectivity index (χ1n) is 10.5. The van der Waals surface area contributed by atoms with Crippen molar-refractivity contribution in [3.63, 3.8) is 0 Å². The molecule has 1 aromatic heterocycles. The van der Waals surface area contributed by atoms with Crippen LogP contribution in [0.15, 0.2) is 29.2 Å². The third kappa shape index (κ3) is 6.07. The number of carbonyl (C=O) groups excluding carboxylic acids is 2. The molecule has 1 aliphatic heterocycles. The second-order valence-electron chi connectivity index (χ2n) is 9.45. The smallest absolute Gasteiger partial charge is 0.341 e. The van der Waals surface area contributed by atoms with Crippen LogP contribution in [-0.2, 0) is 27.9 Å². The number of thioether (sulfide) groups is 1. The monoisotopic (exact) mass is 496 g/mol. The van der Waals surface area contributed by atoms with Gasteiger partial charge in [0.15, 0.2) is 0 Å². The van der Waals surface area contributed by atoms with E-state index in [1.807, 2.05) is 24.3 Å². The minimum Gasteiger partial charge on any atom is -0.465 e. The van der Waals surface area contributed by atoms with Crippen molar-refractivity contribution >= 4 is 52.4 Å². The molecule has 0 radical (unpaired) electrons. The molecule has 0 unspecified atom stereocenters. The lowest BCUT2D eigenvalue weighted by molar-refractivity contribution is -0.115. The zero-order valence-electron chi connectivity index (χ0n) is 19.8. The summed E-state index contributed by atoms with van der Waals surface area (Å²) in [5.74, 6) is -0.547. The Kier molecular flexibility index (Phi) is 8.48. The number of amides is 1. The van der Waals surface area contributed by atoms with E-state index in [1.54, 1.807) is 11.8 Å². The number of nitrogens with one attached hydrogen (secondary N) is 2. The molecule has 1 aliphatic rings. The largest absolute Gasteiger partial charge is 0.465 e. The van der Waals surface area contributed by atoms with Crippen LogP contribution in [0.3, 0.4) is 0 Å². The quantitative estimate of drug-likeness (QED) is 0.391. The van der Waals surface area contributed by atoms with Crippen molar-refractivity contribution in [2.75, 3.05) is 12.4 Å². The minimum atomic E-state index is -0.406. The standard InChI is InChI=1S/C24H32N2O3S2.ClH/c1-14(2)30-16-10-8-15(9-11-16)12-18(27)25-21-19(22(28)29-7)17-13-23(3,4)26-24(5,6)20(17)31-21;/h8-11,14,26H,12-13H2,1-7H3,(H,25,27);1H. The maximum atomic E-state index is 12.8. The molecular formula is C24H33ClN2O3S2. The summed E-state index contributed by atoms with van der Waals surface area (Å²) in [4.78, 5) is 27.8. The van der Waals surface area contributed by atoms with Crippen LogP contribution in [-0.4, -0.2) is 29.8 Å². The minimum absolute atomic E-state index is 0. The van der Waals surface area contributed by atoms with Crippen LogP contribution >= 0.6 is 35.5 Å². The number of hydrogen-bond acceptors (Lipinski definition) is 6. The van der Waals surface area contributed by atoms with Crippen LogP contribution in [0.5, 0.6) is 0 Å². The summed E-state index contributed by atoms with van der Waals surface area (Å²) >= 11 is 3.26. The van der Waals surface area contributed by atoms with Crippen molar-refractivity contribution in [1.29, 1.82) is 0 Å². The first-order chi connectivity index (χ1) is 14.4. The topological polar surface area (TPSA) is 67.4 Å². The van der Waals surface area contributed by atoms with Crippen molar-refractivity contribution in [3.05, 3.63) is 45.8 Å². The van der Waals surface area contributed by atoms with Crippen LogP contribution in [0.1, 0.15) is 67.9 Å². The summed E-state index contributed by atoms with van der Waals surface area (Å²) in [6.07, 6.45) is 0.945. The number of thiophene rings is 1. The molecule has 0 saturated heterocycles. The number of benzene rings is 1. The number of ether oxygens (including phenoxy) is 1. The summed E-state index contributed by atoms with van der Waals surface area (Å²) in [5.41, 5.74) is 1.92. The van der Waals surface area contributed by atoms with Gasteiger partial charge in [0.25, 0.3) is 0 Å². The van der Waals surface area contributed by atoms with E-state index >= 15 is 0 Å². The molecule has 0 aliphatic carbocycles. The van der Waals surface area contributed by atoms with Crippen molar-refractivity contribution in [3.8, 4) is 0 Å². The van der Waals surface area contributed by atoms with Crippen LogP contribution in [0.25, 0.3) is 0 Å². The Bertz CT molecular complexity index is 982. The third-order valence-electron chi connectivity index (χ3n) is 5.15. The van der Waals surface area contributed by atoms with Crippen LogP contribution in [0, 0.1) is 0 Å². The van der Waals surface area contributed by atoms with E-state index in [2.05, 4.69) is 52.2 Å². The zero-order chi connectivity index (χ0) is 23.0. The fourth-order valence-electron chi connectivity index (χ4n) is 4.25. The molecule has 8 heteroatoms. The van der Waals surface area contributed by atoms with E-state index in [1.165, 1.54) is 23.3 Å². The van der Waals surface area contributed by atoms with Gasteiger partial charge in [0.05, 0.1) is 19.1 Å². The van der Waals surface area contributed by atoms with E-state index in [0.29, 0.717) is 22.2 Å². The number of anilines is 1. The van der Waals surface area contributed by atoms with E-state index in [0.717, 1.165) is 16.0 Å². The van der Waals surface area contributed by atoms with Gasteiger partial charge in [-0.1, -0.05) is 26.0 Å². The van der Waals surface area contributed by atoms with Gasteiger partial charge in [0.2, 0.25) is 5.91 Å². The van der Waals surface area contributed by atoms with E-state index in [4.69, 9.17) is 4.74 Å². The summed E-state index contributed by atoms with van der Waals surface area (Å²) in [5, 5.41) is 7.71. The molecular weight excluding hydrogens is 464 g/mol. The highest BCUT2D eigenvalue weighted by molar-refractivity contribution is 7.99. The Labute approximate surface area is 205 Å². The molecule has 2 heterocycles. The molecule has 176 valence electrons. The summed E-state index contributed by atoms with van der Waals surface area (Å²) in [6, 6.07) is 8.07.